The number of hydrogen-bond acceptors (Lipinski definition) is 2. The van der Waals surface area contributed by atoms with Gasteiger partial charge in [-0.25, -0.2) is 4.98 Å². The van der Waals surface area contributed by atoms with Crippen LogP contribution < -0.4 is 5.73 Å². The van der Waals surface area contributed by atoms with Gasteiger partial charge in [-0.1, -0.05) is 48.0 Å². The Morgan fingerprint density at radius 3 is 2.42 bits per heavy atom. The Balaban J connectivity index is 0.00000133. The van der Waals surface area contributed by atoms with Crippen molar-refractivity contribution in [3.05, 3.63) is 59.6 Å². The number of benzene rings is 2. The highest BCUT2D eigenvalue weighted by Gasteiger charge is 2.06. The van der Waals surface area contributed by atoms with Crippen molar-refractivity contribution in [3.8, 4) is 11.1 Å². The summed E-state index contributed by atoms with van der Waals surface area (Å²) in [5, 5.41) is 1.70. The zero-order valence-electron chi connectivity index (χ0n) is 10.0. The zero-order valence-corrected chi connectivity index (χ0v) is 11.6. The minimum atomic E-state index is 0. The maximum atomic E-state index is 6.01. The molecular weight excluding hydrogens is 279 g/mol. The second-order valence-electron chi connectivity index (χ2n) is 4.12. The van der Waals surface area contributed by atoms with Crippen LogP contribution in [0.25, 0.3) is 22.0 Å². The lowest BCUT2D eigenvalue weighted by atomic mass is 10.0. The van der Waals surface area contributed by atoms with E-state index in [0.717, 1.165) is 22.0 Å². The number of halogens is 2. The number of nitrogen functional groups attached to an aromatic ring is 1. The van der Waals surface area contributed by atoms with E-state index < -0.39 is 0 Å². The van der Waals surface area contributed by atoms with Crippen molar-refractivity contribution in [2.75, 3.05) is 5.73 Å². The molecule has 2 aromatic carbocycles. The number of fused-ring (bicyclic) bond motifs is 1. The summed E-state index contributed by atoms with van der Waals surface area (Å²) in [6, 6.07) is 17.7. The van der Waals surface area contributed by atoms with Gasteiger partial charge in [-0.15, -0.1) is 12.4 Å². The van der Waals surface area contributed by atoms with E-state index in [-0.39, 0.29) is 12.4 Å². The Morgan fingerprint density at radius 1 is 0.947 bits per heavy atom. The van der Waals surface area contributed by atoms with Crippen LogP contribution in [0.15, 0.2) is 54.6 Å². The first kappa shape index (κ1) is 13.7. The fourth-order valence-electron chi connectivity index (χ4n) is 2.00. The predicted octanol–water partition coefficient (Wildman–Crippen LogP) is 4.56. The Kier molecular flexibility index (Phi) is 3.93. The average molecular weight is 291 g/mol. The molecule has 0 amide bonds. The van der Waals surface area contributed by atoms with E-state index in [0.29, 0.717) is 10.8 Å². The van der Waals surface area contributed by atoms with Crippen molar-refractivity contribution in [2.24, 2.45) is 0 Å². The van der Waals surface area contributed by atoms with Gasteiger partial charge in [0.05, 0.1) is 5.52 Å². The van der Waals surface area contributed by atoms with Crippen molar-refractivity contribution in [2.45, 2.75) is 0 Å². The molecule has 3 rings (SSSR count). The number of hydrogen-bond donors (Lipinski definition) is 1. The lowest BCUT2D eigenvalue weighted by Crippen LogP contribution is -1.94. The van der Waals surface area contributed by atoms with Crippen molar-refractivity contribution in [1.82, 2.24) is 4.98 Å². The van der Waals surface area contributed by atoms with E-state index in [1.54, 1.807) is 0 Å². The van der Waals surface area contributed by atoms with Gasteiger partial charge in [0.2, 0.25) is 0 Å². The van der Waals surface area contributed by atoms with Gasteiger partial charge >= 0.3 is 0 Å². The van der Waals surface area contributed by atoms with Gasteiger partial charge in [0.1, 0.15) is 5.82 Å². The predicted molar refractivity (Wildman–Crippen MR) is 83.8 cm³/mol. The lowest BCUT2D eigenvalue weighted by molar-refractivity contribution is 1.41. The molecule has 4 heteroatoms. The highest BCUT2D eigenvalue weighted by Crippen LogP contribution is 2.29. The van der Waals surface area contributed by atoms with Crippen LogP contribution in [0.4, 0.5) is 5.82 Å². The van der Waals surface area contributed by atoms with Gasteiger partial charge in [0.15, 0.2) is 0 Å². The molecule has 1 aromatic heterocycles. The van der Waals surface area contributed by atoms with Crippen LogP contribution in [-0.2, 0) is 0 Å². The molecule has 2 N–H and O–H groups in total. The van der Waals surface area contributed by atoms with E-state index in [2.05, 4.69) is 4.98 Å². The number of aromatic nitrogens is 1. The number of nitrogens with zero attached hydrogens (tertiary/aromatic N) is 1. The van der Waals surface area contributed by atoms with Crippen molar-refractivity contribution >= 4 is 40.7 Å². The first-order valence-electron chi connectivity index (χ1n) is 5.65. The van der Waals surface area contributed by atoms with Crippen LogP contribution >= 0.6 is 24.0 Å². The van der Waals surface area contributed by atoms with Crippen LogP contribution in [0.1, 0.15) is 0 Å². The quantitative estimate of drug-likeness (QED) is 0.714. The number of pyridine rings is 1. The summed E-state index contributed by atoms with van der Waals surface area (Å²) in [4.78, 5) is 4.41. The summed E-state index contributed by atoms with van der Waals surface area (Å²) in [6.45, 7) is 0. The molecule has 2 nitrogen and oxygen atoms in total. The second-order valence-corrected chi connectivity index (χ2v) is 4.56. The SMILES string of the molecule is Cl.Nc1nc2cc(Cl)ccc2cc1-c1ccccc1. The number of anilines is 1. The highest BCUT2D eigenvalue weighted by molar-refractivity contribution is 6.31. The molecule has 19 heavy (non-hydrogen) atoms. The largest absolute Gasteiger partial charge is 0.383 e. The molecular formula is C15H12Cl2N2. The molecule has 0 aliphatic heterocycles. The Bertz CT molecular complexity index is 712. The van der Waals surface area contributed by atoms with Crippen molar-refractivity contribution in [3.63, 3.8) is 0 Å². The molecule has 0 atom stereocenters. The Morgan fingerprint density at radius 2 is 1.68 bits per heavy atom. The fourth-order valence-corrected chi connectivity index (χ4v) is 2.17. The molecule has 0 saturated heterocycles. The summed E-state index contributed by atoms with van der Waals surface area (Å²) >= 11 is 5.95. The molecule has 0 spiro atoms. The van der Waals surface area contributed by atoms with Crippen LogP contribution in [0, 0.1) is 0 Å². The molecule has 0 saturated carbocycles. The Labute approximate surface area is 122 Å². The summed E-state index contributed by atoms with van der Waals surface area (Å²) in [7, 11) is 0. The summed E-state index contributed by atoms with van der Waals surface area (Å²) < 4.78 is 0. The van der Waals surface area contributed by atoms with E-state index in [4.69, 9.17) is 17.3 Å². The molecule has 0 bridgehead atoms. The fraction of sp³-hybridized carbons (Fsp3) is 0. The third kappa shape index (κ3) is 2.65. The normalized spacial score (nSPS) is 10.2. The van der Waals surface area contributed by atoms with Crippen LogP contribution in [0.3, 0.4) is 0 Å². The zero-order chi connectivity index (χ0) is 12.5. The second kappa shape index (κ2) is 5.47. The van der Waals surface area contributed by atoms with Crippen LogP contribution in [0.5, 0.6) is 0 Å². The summed E-state index contributed by atoms with van der Waals surface area (Å²) in [6.07, 6.45) is 0. The molecule has 0 fully saturated rings. The molecule has 3 aromatic rings. The maximum Gasteiger partial charge on any atom is 0.131 e. The van der Waals surface area contributed by atoms with Gasteiger partial charge in [0.25, 0.3) is 0 Å². The first-order chi connectivity index (χ1) is 8.74. The molecule has 0 unspecified atom stereocenters. The third-order valence-corrected chi connectivity index (χ3v) is 3.13. The average Bonchev–Trinajstić information content (AvgIpc) is 2.39. The number of rotatable bonds is 1. The highest BCUT2D eigenvalue weighted by atomic mass is 35.5. The van der Waals surface area contributed by atoms with E-state index in [1.165, 1.54) is 0 Å². The topological polar surface area (TPSA) is 38.9 Å². The molecule has 96 valence electrons. The molecule has 1 heterocycles. The summed E-state index contributed by atoms with van der Waals surface area (Å²) in [5.41, 5.74) is 8.85. The molecule has 0 radical (unpaired) electrons. The van der Waals surface area contributed by atoms with Crippen LogP contribution in [0.2, 0.25) is 5.02 Å². The van der Waals surface area contributed by atoms with Crippen molar-refractivity contribution in [1.29, 1.82) is 0 Å². The first-order valence-corrected chi connectivity index (χ1v) is 6.03. The maximum absolute atomic E-state index is 6.01. The van der Waals surface area contributed by atoms with Gasteiger partial charge in [0, 0.05) is 16.0 Å². The van der Waals surface area contributed by atoms with E-state index >= 15 is 0 Å². The Hall–Kier alpha value is -1.77. The van der Waals surface area contributed by atoms with E-state index in [1.807, 2.05) is 54.6 Å². The summed E-state index contributed by atoms with van der Waals surface area (Å²) in [5.74, 6) is 0.524. The smallest absolute Gasteiger partial charge is 0.131 e. The van der Waals surface area contributed by atoms with Gasteiger partial charge in [-0.3, -0.25) is 0 Å². The monoisotopic (exact) mass is 290 g/mol. The third-order valence-electron chi connectivity index (χ3n) is 2.89. The molecule has 0 aliphatic rings. The van der Waals surface area contributed by atoms with E-state index in [9.17, 15) is 0 Å². The van der Waals surface area contributed by atoms with Crippen molar-refractivity contribution < 1.29 is 0 Å². The minimum Gasteiger partial charge on any atom is -0.383 e. The van der Waals surface area contributed by atoms with Crippen LogP contribution in [-0.4, -0.2) is 4.98 Å². The van der Waals surface area contributed by atoms with Gasteiger partial charge < -0.3 is 5.73 Å². The van der Waals surface area contributed by atoms with Gasteiger partial charge in [-0.05, 0) is 23.8 Å². The standard InChI is InChI=1S/C15H11ClN2.ClH/c16-12-7-6-11-8-13(10-4-2-1-3-5-10)15(17)18-14(11)9-12;/h1-9H,(H2,17,18);1H. The molecule has 0 aliphatic carbocycles. The van der Waals surface area contributed by atoms with Gasteiger partial charge in [-0.2, -0.15) is 0 Å². The minimum absolute atomic E-state index is 0. The number of nitrogens with two attached hydrogens (primary N) is 1. The lowest BCUT2D eigenvalue weighted by Gasteiger charge is -2.07.